The van der Waals surface area contributed by atoms with Gasteiger partial charge in [0.1, 0.15) is 5.82 Å². The molecule has 2 heterocycles. The molecule has 1 fully saturated rings. The molecule has 0 saturated carbocycles. The van der Waals surface area contributed by atoms with Crippen molar-refractivity contribution in [3.63, 3.8) is 0 Å². The molecular weight excluding hydrogens is 278 g/mol. The zero-order valence-electron chi connectivity index (χ0n) is 13.4. The number of aromatic nitrogens is 1. The molecule has 0 bridgehead atoms. The van der Waals surface area contributed by atoms with Crippen LogP contribution in [0.2, 0.25) is 0 Å². The number of hydrogen-bond donors (Lipinski definition) is 2. The van der Waals surface area contributed by atoms with Gasteiger partial charge >= 0.3 is 5.97 Å². The highest BCUT2D eigenvalue weighted by atomic mass is 16.4. The van der Waals surface area contributed by atoms with E-state index >= 15 is 0 Å². The molecule has 1 aromatic rings. The van der Waals surface area contributed by atoms with Crippen LogP contribution in [0.15, 0.2) is 30.0 Å². The first-order chi connectivity index (χ1) is 10.4. The largest absolute Gasteiger partial charge is 0.481 e. The fourth-order valence-corrected chi connectivity index (χ4v) is 3.02. The van der Waals surface area contributed by atoms with Crippen LogP contribution in [0.5, 0.6) is 0 Å². The lowest BCUT2D eigenvalue weighted by atomic mass is 9.76. The molecule has 1 aliphatic heterocycles. The van der Waals surface area contributed by atoms with Crippen LogP contribution in [-0.2, 0) is 11.3 Å². The number of nitrogens with two attached hydrogens (primary N) is 1. The number of nitrogens with zero attached hydrogens (tertiary/aromatic N) is 2. The van der Waals surface area contributed by atoms with Gasteiger partial charge in [-0.05, 0) is 45.7 Å². The van der Waals surface area contributed by atoms with Crippen LogP contribution in [-0.4, -0.2) is 34.0 Å². The van der Waals surface area contributed by atoms with Gasteiger partial charge in [-0.3, -0.25) is 9.69 Å². The molecule has 1 saturated heterocycles. The first kappa shape index (κ1) is 16.5. The highest BCUT2D eigenvalue weighted by Gasteiger charge is 2.41. The number of carbonyl (C=O) groups is 1. The van der Waals surface area contributed by atoms with E-state index in [1.165, 1.54) is 0 Å². The van der Waals surface area contributed by atoms with Crippen LogP contribution in [0.1, 0.15) is 38.7 Å². The number of nitrogen functional groups attached to an aromatic ring is 1. The number of aliphatic carboxylic acids is 1. The number of carboxylic acids is 1. The third-order valence-electron chi connectivity index (χ3n) is 4.33. The van der Waals surface area contributed by atoms with E-state index in [4.69, 9.17) is 5.73 Å². The predicted octanol–water partition coefficient (Wildman–Crippen LogP) is 2.69. The third kappa shape index (κ3) is 3.85. The van der Waals surface area contributed by atoms with Crippen LogP contribution in [0.3, 0.4) is 0 Å². The molecule has 0 aromatic carbocycles. The van der Waals surface area contributed by atoms with Crippen molar-refractivity contribution in [2.75, 3.05) is 18.8 Å². The zero-order valence-corrected chi connectivity index (χ0v) is 13.4. The summed E-state index contributed by atoms with van der Waals surface area (Å²) in [5.74, 6) is -0.174. The molecule has 1 atom stereocenters. The van der Waals surface area contributed by atoms with E-state index in [1.807, 2.05) is 32.1 Å². The Hall–Kier alpha value is -1.88. The van der Waals surface area contributed by atoms with Crippen LogP contribution in [0.25, 0.3) is 0 Å². The topological polar surface area (TPSA) is 79.5 Å². The quantitative estimate of drug-likeness (QED) is 0.818. The molecule has 1 unspecified atom stereocenters. The second-order valence-corrected chi connectivity index (χ2v) is 6.43. The molecule has 120 valence electrons. The Morgan fingerprint density at radius 1 is 1.55 bits per heavy atom. The Kier molecular flexibility index (Phi) is 5.19. The molecule has 0 spiro atoms. The average molecular weight is 303 g/mol. The second-order valence-electron chi connectivity index (χ2n) is 6.43. The van der Waals surface area contributed by atoms with Gasteiger partial charge in [-0.2, -0.15) is 0 Å². The Morgan fingerprint density at radius 2 is 2.32 bits per heavy atom. The van der Waals surface area contributed by atoms with Gasteiger partial charge < -0.3 is 10.8 Å². The summed E-state index contributed by atoms with van der Waals surface area (Å²) in [4.78, 5) is 18.1. The van der Waals surface area contributed by atoms with Crippen LogP contribution in [0.4, 0.5) is 5.82 Å². The number of pyridine rings is 1. The fraction of sp³-hybridized carbons (Fsp3) is 0.529. The maximum absolute atomic E-state index is 11.9. The number of allylic oxidation sites excluding steroid dienone is 2. The molecular formula is C17H25N3O2. The number of likely N-dealkylation sites (tertiary alicyclic amines) is 1. The van der Waals surface area contributed by atoms with Gasteiger partial charge in [0.25, 0.3) is 0 Å². The Morgan fingerprint density at radius 3 is 2.95 bits per heavy atom. The van der Waals surface area contributed by atoms with Gasteiger partial charge in [-0.1, -0.05) is 17.7 Å². The van der Waals surface area contributed by atoms with E-state index in [0.29, 0.717) is 25.3 Å². The standard InChI is InChI=1S/C17H25N3O2/c1-13(2)6-8-17(16(21)22)7-4-10-20(12-17)11-14-5-3-9-19-15(14)18/h3,5-6,9H,4,7-8,10-12H2,1-2H3,(H2,18,19)(H,21,22). The SMILES string of the molecule is CC(C)=CCC1(C(=O)O)CCCN(Cc2cccnc2N)C1. The lowest BCUT2D eigenvalue weighted by Gasteiger charge is -2.39. The van der Waals surface area contributed by atoms with E-state index in [1.54, 1.807) is 6.20 Å². The molecule has 0 aliphatic carbocycles. The van der Waals surface area contributed by atoms with Crippen molar-refractivity contribution in [1.82, 2.24) is 9.88 Å². The maximum atomic E-state index is 11.9. The second kappa shape index (κ2) is 6.92. The number of hydrogen-bond acceptors (Lipinski definition) is 4. The van der Waals surface area contributed by atoms with Crippen molar-refractivity contribution in [3.8, 4) is 0 Å². The van der Waals surface area contributed by atoms with E-state index in [2.05, 4.69) is 9.88 Å². The first-order valence-corrected chi connectivity index (χ1v) is 7.71. The van der Waals surface area contributed by atoms with Crippen molar-refractivity contribution < 1.29 is 9.90 Å². The molecule has 0 radical (unpaired) electrons. The average Bonchev–Trinajstić information content (AvgIpc) is 2.48. The Balaban J connectivity index is 2.13. The highest BCUT2D eigenvalue weighted by Crippen LogP contribution is 2.35. The minimum absolute atomic E-state index is 0.526. The Labute approximate surface area is 131 Å². The summed E-state index contributed by atoms with van der Waals surface area (Å²) in [6, 6.07) is 3.82. The van der Waals surface area contributed by atoms with Gasteiger partial charge in [0, 0.05) is 24.8 Å². The van der Waals surface area contributed by atoms with Crippen molar-refractivity contribution in [1.29, 1.82) is 0 Å². The Bertz CT molecular complexity index is 567. The number of piperidine rings is 1. The first-order valence-electron chi connectivity index (χ1n) is 7.71. The van der Waals surface area contributed by atoms with Crippen molar-refractivity contribution >= 4 is 11.8 Å². The van der Waals surface area contributed by atoms with Crippen molar-refractivity contribution in [3.05, 3.63) is 35.5 Å². The summed E-state index contributed by atoms with van der Waals surface area (Å²) in [5, 5.41) is 9.75. The fourth-order valence-electron chi connectivity index (χ4n) is 3.02. The molecule has 1 aliphatic rings. The minimum Gasteiger partial charge on any atom is -0.481 e. The summed E-state index contributed by atoms with van der Waals surface area (Å²) < 4.78 is 0. The zero-order chi connectivity index (χ0) is 16.2. The van der Waals surface area contributed by atoms with E-state index in [-0.39, 0.29) is 0 Å². The van der Waals surface area contributed by atoms with Gasteiger partial charge in [-0.15, -0.1) is 0 Å². The number of anilines is 1. The summed E-state index contributed by atoms with van der Waals surface area (Å²) in [6.45, 7) is 6.13. The number of rotatable bonds is 5. The molecule has 2 rings (SSSR count). The van der Waals surface area contributed by atoms with Crippen molar-refractivity contribution in [2.45, 2.75) is 39.7 Å². The summed E-state index contributed by atoms with van der Waals surface area (Å²) >= 11 is 0. The summed E-state index contributed by atoms with van der Waals surface area (Å²) in [7, 11) is 0. The monoisotopic (exact) mass is 303 g/mol. The minimum atomic E-state index is -0.700. The van der Waals surface area contributed by atoms with Crippen LogP contribution in [0, 0.1) is 5.41 Å². The van der Waals surface area contributed by atoms with Crippen molar-refractivity contribution in [2.24, 2.45) is 5.41 Å². The molecule has 3 N–H and O–H groups in total. The smallest absolute Gasteiger partial charge is 0.311 e. The molecule has 1 aromatic heterocycles. The van der Waals surface area contributed by atoms with E-state index in [0.717, 1.165) is 30.5 Å². The normalized spacial score (nSPS) is 22.3. The molecule has 5 nitrogen and oxygen atoms in total. The highest BCUT2D eigenvalue weighted by molar-refractivity contribution is 5.75. The summed E-state index contributed by atoms with van der Waals surface area (Å²) in [5.41, 5.74) is 7.34. The van der Waals surface area contributed by atoms with Gasteiger partial charge in [0.05, 0.1) is 5.41 Å². The lowest BCUT2D eigenvalue weighted by molar-refractivity contribution is -0.152. The number of carboxylic acid groups (broad SMARTS) is 1. The third-order valence-corrected chi connectivity index (χ3v) is 4.33. The molecule has 0 amide bonds. The molecule has 5 heteroatoms. The molecule has 22 heavy (non-hydrogen) atoms. The van der Waals surface area contributed by atoms with E-state index in [9.17, 15) is 9.90 Å². The van der Waals surface area contributed by atoms with Gasteiger partial charge in [0.15, 0.2) is 0 Å². The van der Waals surface area contributed by atoms with Crippen LogP contribution >= 0.6 is 0 Å². The predicted molar refractivity (Wildman–Crippen MR) is 87.3 cm³/mol. The van der Waals surface area contributed by atoms with Gasteiger partial charge in [-0.25, -0.2) is 4.98 Å². The van der Waals surface area contributed by atoms with E-state index < -0.39 is 11.4 Å². The maximum Gasteiger partial charge on any atom is 0.311 e. The summed E-state index contributed by atoms with van der Waals surface area (Å²) in [6.07, 6.45) is 5.92. The lowest BCUT2D eigenvalue weighted by Crippen LogP contribution is -2.47. The van der Waals surface area contributed by atoms with Gasteiger partial charge in [0.2, 0.25) is 0 Å². The van der Waals surface area contributed by atoms with Crippen LogP contribution < -0.4 is 5.73 Å².